The molecule has 2 rings (SSSR count). The van der Waals surface area contributed by atoms with E-state index in [1.165, 1.54) is 26.4 Å². The van der Waals surface area contributed by atoms with Crippen LogP contribution in [0.25, 0.3) is 0 Å². The van der Waals surface area contributed by atoms with Crippen LogP contribution in [0.4, 0.5) is 0 Å². The molecule has 0 spiro atoms. The molecule has 5 heteroatoms. The average molecular weight is 411 g/mol. The second-order valence-corrected chi connectivity index (χ2v) is 15.9. The van der Waals surface area contributed by atoms with Crippen LogP contribution in [0.15, 0.2) is 11.3 Å². The van der Waals surface area contributed by atoms with E-state index in [0.29, 0.717) is 18.3 Å². The Morgan fingerprint density at radius 2 is 1.68 bits per heavy atom. The molecule has 2 aliphatic rings. The Balaban J connectivity index is 2.05. The summed E-state index contributed by atoms with van der Waals surface area (Å²) in [5, 5.41) is 0. The molecule has 1 aliphatic heterocycles. The molecular weight excluding hydrogens is 368 g/mol. The molecule has 0 amide bonds. The Labute approximate surface area is 173 Å². The minimum absolute atomic E-state index is 0.0893. The molecule has 2 fully saturated rings. The van der Waals surface area contributed by atoms with Crippen molar-refractivity contribution in [3.63, 3.8) is 0 Å². The minimum Gasteiger partial charge on any atom is -0.469 e. The summed E-state index contributed by atoms with van der Waals surface area (Å²) in [6.45, 7) is 15.2. The summed E-state index contributed by atoms with van der Waals surface area (Å²) in [4.78, 5) is 11.7. The molecule has 0 aromatic heterocycles. The molecule has 0 bridgehead atoms. The van der Waals surface area contributed by atoms with Gasteiger partial charge in [-0.05, 0) is 44.4 Å². The van der Waals surface area contributed by atoms with E-state index in [9.17, 15) is 4.79 Å². The topological polar surface area (TPSA) is 44.8 Å². The summed E-state index contributed by atoms with van der Waals surface area (Å²) in [7, 11) is 0.143. The molecule has 1 saturated heterocycles. The fraction of sp³-hybridized carbons (Fsp3) is 0.870. The third-order valence-electron chi connectivity index (χ3n) is 6.06. The van der Waals surface area contributed by atoms with Crippen molar-refractivity contribution in [3.05, 3.63) is 11.3 Å². The standard InChI is InChI=1S/C23H42O4Si/c1-22(2)16-26-23(3,27-17-22)14-13-19-10-8-9-18(11-12-21(24)25-4)20(19)15-28(5,6)7/h15,18-19H,8-14,16-17H2,1-7H3. The van der Waals surface area contributed by atoms with Crippen LogP contribution in [0.5, 0.6) is 0 Å². The van der Waals surface area contributed by atoms with Gasteiger partial charge in [0.25, 0.3) is 0 Å². The lowest BCUT2D eigenvalue weighted by molar-refractivity contribution is -0.292. The SMILES string of the molecule is COC(=O)CCC1CCCC(CCC2(C)OCC(C)(C)CO2)C1=C[Si](C)(C)C. The first kappa shape index (κ1) is 23.6. The molecule has 1 aliphatic carbocycles. The van der Waals surface area contributed by atoms with E-state index in [2.05, 4.69) is 46.1 Å². The number of hydrogen-bond acceptors (Lipinski definition) is 4. The Hall–Kier alpha value is -0.653. The highest BCUT2D eigenvalue weighted by molar-refractivity contribution is 6.81. The van der Waals surface area contributed by atoms with Crippen LogP contribution in [0.1, 0.15) is 65.7 Å². The maximum Gasteiger partial charge on any atom is 0.305 e. The molecule has 1 heterocycles. The molecule has 2 unspecified atom stereocenters. The number of esters is 1. The Morgan fingerprint density at radius 1 is 1.11 bits per heavy atom. The van der Waals surface area contributed by atoms with Gasteiger partial charge >= 0.3 is 5.97 Å². The molecule has 0 radical (unpaired) electrons. The first-order valence-corrected chi connectivity index (χ1v) is 14.6. The smallest absolute Gasteiger partial charge is 0.305 e. The van der Waals surface area contributed by atoms with Crippen LogP contribution < -0.4 is 0 Å². The van der Waals surface area contributed by atoms with Gasteiger partial charge in [-0.1, -0.05) is 51.2 Å². The van der Waals surface area contributed by atoms with Crippen molar-refractivity contribution in [1.29, 1.82) is 0 Å². The van der Waals surface area contributed by atoms with Gasteiger partial charge < -0.3 is 14.2 Å². The van der Waals surface area contributed by atoms with Crippen molar-refractivity contribution in [2.75, 3.05) is 20.3 Å². The van der Waals surface area contributed by atoms with Crippen LogP contribution in [0.2, 0.25) is 19.6 Å². The lowest BCUT2D eigenvalue weighted by Crippen LogP contribution is -2.45. The number of allylic oxidation sites excluding steroid dienone is 1. The van der Waals surface area contributed by atoms with Crippen LogP contribution >= 0.6 is 0 Å². The summed E-state index contributed by atoms with van der Waals surface area (Å²) in [5.74, 6) is 0.555. The molecule has 162 valence electrons. The van der Waals surface area contributed by atoms with Gasteiger partial charge in [-0.3, -0.25) is 4.79 Å². The van der Waals surface area contributed by atoms with Crippen molar-refractivity contribution in [1.82, 2.24) is 0 Å². The van der Waals surface area contributed by atoms with E-state index in [0.717, 1.165) is 32.5 Å². The van der Waals surface area contributed by atoms with E-state index in [1.54, 1.807) is 5.57 Å². The highest BCUT2D eigenvalue weighted by Crippen LogP contribution is 2.42. The van der Waals surface area contributed by atoms with Crippen molar-refractivity contribution in [2.45, 2.75) is 91.1 Å². The maximum absolute atomic E-state index is 11.7. The Morgan fingerprint density at radius 3 is 2.21 bits per heavy atom. The predicted octanol–water partition coefficient (Wildman–Crippen LogP) is 5.73. The monoisotopic (exact) mass is 410 g/mol. The van der Waals surface area contributed by atoms with Crippen molar-refractivity contribution in [2.24, 2.45) is 17.3 Å². The van der Waals surface area contributed by atoms with E-state index < -0.39 is 13.9 Å². The number of methoxy groups -OCH3 is 1. The van der Waals surface area contributed by atoms with E-state index in [4.69, 9.17) is 14.2 Å². The van der Waals surface area contributed by atoms with Crippen LogP contribution in [-0.2, 0) is 19.0 Å². The highest BCUT2D eigenvalue weighted by Gasteiger charge is 2.38. The fourth-order valence-electron chi connectivity index (χ4n) is 4.39. The summed E-state index contributed by atoms with van der Waals surface area (Å²) < 4.78 is 17.1. The zero-order chi connectivity index (χ0) is 21.0. The van der Waals surface area contributed by atoms with Crippen LogP contribution in [0, 0.1) is 17.3 Å². The summed E-state index contributed by atoms with van der Waals surface area (Å²) in [6, 6.07) is 0. The van der Waals surface area contributed by atoms with Gasteiger partial charge in [0.05, 0.1) is 28.4 Å². The van der Waals surface area contributed by atoms with Gasteiger partial charge in [-0.2, -0.15) is 0 Å². The van der Waals surface area contributed by atoms with Crippen LogP contribution in [-0.4, -0.2) is 40.2 Å². The fourth-order valence-corrected chi connectivity index (χ4v) is 5.86. The normalized spacial score (nSPS) is 28.9. The zero-order valence-corrected chi connectivity index (χ0v) is 20.2. The quantitative estimate of drug-likeness (QED) is 0.397. The summed E-state index contributed by atoms with van der Waals surface area (Å²) in [6.07, 6.45) is 7.15. The Bertz CT molecular complexity index is 551. The molecular formula is C23H42O4Si. The molecule has 4 nitrogen and oxygen atoms in total. The van der Waals surface area contributed by atoms with E-state index in [1.807, 2.05) is 0 Å². The lowest BCUT2D eigenvalue weighted by atomic mass is 9.73. The van der Waals surface area contributed by atoms with Gasteiger partial charge in [0, 0.05) is 18.3 Å². The molecule has 0 aromatic rings. The number of rotatable bonds is 7. The van der Waals surface area contributed by atoms with E-state index >= 15 is 0 Å². The predicted molar refractivity (Wildman–Crippen MR) is 117 cm³/mol. The van der Waals surface area contributed by atoms with Crippen molar-refractivity contribution in [3.8, 4) is 0 Å². The van der Waals surface area contributed by atoms with Crippen molar-refractivity contribution >= 4 is 14.0 Å². The Kier molecular flexibility index (Phi) is 7.96. The van der Waals surface area contributed by atoms with E-state index in [-0.39, 0.29) is 11.4 Å². The maximum atomic E-state index is 11.7. The molecule has 1 saturated carbocycles. The zero-order valence-electron chi connectivity index (χ0n) is 19.2. The number of carbonyl (C=O) groups excluding carboxylic acids is 1. The third kappa shape index (κ3) is 7.31. The summed E-state index contributed by atoms with van der Waals surface area (Å²) in [5.41, 5.74) is 4.31. The van der Waals surface area contributed by atoms with Gasteiger partial charge in [0.2, 0.25) is 0 Å². The summed E-state index contributed by atoms with van der Waals surface area (Å²) >= 11 is 0. The number of ether oxygens (including phenoxy) is 3. The highest BCUT2D eigenvalue weighted by atomic mass is 28.3. The number of hydrogen-bond donors (Lipinski definition) is 0. The molecule has 28 heavy (non-hydrogen) atoms. The van der Waals surface area contributed by atoms with Gasteiger partial charge in [-0.15, -0.1) is 0 Å². The average Bonchev–Trinajstić information content (AvgIpc) is 2.61. The van der Waals surface area contributed by atoms with Crippen molar-refractivity contribution < 1.29 is 19.0 Å². The van der Waals surface area contributed by atoms with Crippen LogP contribution in [0.3, 0.4) is 0 Å². The first-order chi connectivity index (χ1) is 12.9. The molecule has 0 aromatic carbocycles. The largest absolute Gasteiger partial charge is 0.469 e. The van der Waals surface area contributed by atoms with Gasteiger partial charge in [0.15, 0.2) is 5.79 Å². The van der Waals surface area contributed by atoms with Gasteiger partial charge in [-0.25, -0.2) is 0 Å². The molecule has 2 atom stereocenters. The third-order valence-corrected chi connectivity index (χ3v) is 7.25. The molecule has 0 N–H and O–H groups in total. The number of carbonyl (C=O) groups is 1. The second-order valence-electron chi connectivity index (χ2n) is 10.9. The second kappa shape index (κ2) is 9.44. The lowest BCUT2D eigenvalue weighted by Gasteiger charge is -2.43. The van der Waals surface area contributed by atoms with Gasteiger partial charge in [0.1, 0.15) is 0 Å². The minimum atomic E-state index is -1.34. The first-order valence-electron chi connectivity index (χ1n) is 11.0.